The number of aromatic amines is 1. The number of carbonyl (C=O) groups excluding carboxylic acids is 7. The van der Waals surface area contributed by atoms with Crippen LogP contribution in [-0.2, 0) is 57.6 Å². The fraction of sp³-hybridized carbons (Fsp3) is 0.489. The van der Waals surface area contributed by atoms with Gasteiger partial charge in [0, 0.05) is 37.0 Å². The number of H-pyrrole nitrogens is 1. The van der Waals surface area contributed by atoms with Gasteiger partial charge in [0.15, 0.2) is 5.96 Å². The van der Waals surface area contributed by atoms with E-state index in [2.05, 4.69) is 64.8 Å². The van der Waals surface area contributed by atoms with Gasteiger partial charge in [-0.25, -0.2) is 9.78 Å². The monoisotopic (exact) mass is 992 g/mol. The van der Waals surface area contributed by atoms with Crippen LogP contribution in [0, 0.1) is 11.8 Å². The molecule has 1 aromatic heterocycles. The van der Waals surface area contributed by atoms with Crippen LogP contribution in [0.3, 0.4) is 0 Å². The summed E-state index contributed by atoms with van der Waals surface area (Å²) < 4.78 is 0. The Kier molecular flexibility index (Phi) is 24.4. The number of nitrogens with zero attached hydrogens (tertiary/aromatic N) is 2. The van der Waals surface area contributed by atoms with Gasteiger partial charge in [-0.15, -0.1) is 0 Å². The number of rotatable bonds is 30. The van der Waals surface area contributed by atoms with Crippen LogP contribution >= 0.6 is 12.6 Å². The molecule has 2 aromatic carbocycles. The Morgan fingerprint density at radius 1 is 0.671 bits per heavy atom. The Bertz CT molecular complexity index is 2200. The van der Waals surface area contributed by atoms with E-state index in [1.165, 1.54) is 12.5 Å². The zero-order chi connectivity index (χ0) is 51.8. The minimum Gasteiger partial charge on any atom is -0.480 e. The first-order valence-electron chi connectivity index (χ1n) is 23.2. The fourth-order valence-corrected chi connectivity index (χ4v) is 7.30. The molecule has 0 fully saturated rings. The highest BCUT2D eigenvalue weighted by molar-refractivity contribution is 7.80. The van der Waals surface area contributed by atoms with Crippen molar-refractivity contribution in [3.8, 4) is 0 Å². The summed E-state index contributed by atoms with van der Waals surface area (Å²) in [5.74, 6) is -7.69. The third-order valence-electron chi connectivity index (χ3n) is 11.6. The van der Waals surface area contributed by atoms with Crippen molar-refractivity contribution < 1.29 is 43.5 Å². The molecule has 3 rings (SSSR count). The molecule has 0 saturated heterocycles. The molecular weight excluding hydrogens is 923 g/mol. The standard InChI is InChI=1S/C47H69N13O9S/c1-5-27(3)38(44(66)53-24-37(61)55-36(25-70)46(68)69)60-41(63)33(18-13-19-52-47(49)50)56-42(64)34(21-30-16-11-8-12-17-30)57-43(65)35(22-31-23-51-26-54-31)58-45(67)39(28(4)6-2)59-40(62)32(48)20-29-14-9-7-10-15-29/h7-12,14-17,23,26-28,32-36,38-39,70H,5-6,13,18-22,24-25,48H2,1-4H3,(H,51,54)(H,53,66)(H,55,61)(H,56,64)(H,57,65)(H,58,67)(H,59,62)(H,60,63)(H,68,69)(H4,49,50,52)/t27-,28-,32-,33-,34-,35-,36-,38-,39-/m0/s1. The molecule has 22 nitrogen and oxygen atoms in total. The molecule has 0 bridgehead atoms. The molecule has 382 valence electrons. The number of nitrogens with two attached hydrogens (primary N) is 3. The molecule has 7 amide bonds. The lowest BCUT2D eigenvalue weighted by Gasteiger charge is -2.29. The van der Waals surface area contributed by atoms with E-state index < -0.39 is 108 Å². The summed E-state index contributed by atoms with van der Waals surface area (Å²) in [5, 5.41) is 27.7. The molecule has 0 saturated carbocycles. The Morgan fingerprint density at radius 3 is 1.71 bits per heavy atom. The van der Waals surface area contributed by atoms with Crippen LogP contribution < -0.4 is 54.4 Å². The van der Waals surface area contributed by atoms with Crippen LogP contribution in [0.5, 0.6) is 0 Å². The summed E-state index contributed by atoms with van der Waals surface area (Å²) in [6, 6.07) is 9.37. The zero-order valence-corrected chi connectivity index (χ0v) is 40.9. The van der Waals surface area contributed by atoms with Gasteiger partial charge >= 0.3 is 5.97 Å². The van der Waals surface area contributed by atoms with Gasteiger partial charge in [0.2, 0.25) is 41.4 Å². The zero-order valence-electron chi connectivity index (χ0n) is 40.0. The highest BCUT2D eigenvalue weighted by Crippen LogP contribution is 2.14. The van der Waals surface area contributed by atoms with Crippen molar-refractivity contribution in [3.63, 3.8) is 0 Å². The van der Waals surface area contributed by atoms with Crippen molar-refractivity contribution in [2.75, 3.05) is 18.8 Å². The number of benzene rings is 2. The van der Waals surface area contributed by atoms with Crippen molar-refractivity contribution in [2.24, 2.45) is 34.0 Å². The fourth-order valence-electron chi connectivity index (χ4n) is 7.05. The van der Waals surface area contributed by atoms with E-state index in [0.29, 0.717) is 24.1 Å². The van der Waals surface area contributed by atoms with Gasteiger partial charge in [-0.05, 0) is 42.2 Å². The Labute approximate surface area is 413 Å². The largest absolute Gasteiger partial charge is 0.480 e. The van der Waals surface area contributed by atoms with Gasteiger partial charge in [-0.2, -0.15) is 12.6 Å². The molecule has 0 unspecified atom stereocenters. The number of carboxylic acid groups (broad SMARTS) is 1. The van der Waals surface area contributed by atoms with Crippen LogP contribution in [0.4, 0.5) is 0 Å². The number of aromatic nitrogens is 2. The second-order valence-electron chi connectivity index (χ2n) is 17.0. The molecule has 70 heavy (non-hydrogen) atoms. The van der Waals surface area contributed by atoms with Crippen LogP contribution in [-0.4, -0.2) is 129 Å². The molecule has 0 aliphatic heterocycles. The highest BCUT2D eigenvalue weighted by atomic mass is 32.1. The third-order valence-corrected chi connectivity index (χ3v) is 11.9. The van der Waals surface area contributed by atoms with Gasteiger partial charge in [0.05, 0.1) is 18.9 Å². The maximum Gasteiger partial charge on any atom is 0.327 e. The number of carboxylic acids is 1. The van der Waals surface area contributed by atoms with E-state index >= 15 is 0 Å². The third kappa shape index (κ3) is 19.5. The first-order chi connectivity index (χ1) is 33.4. The number of carbonyl (C=O) groups is 8. The molecule has 1 heterocycles. The first kappa shape index (κ1) is 57.3. The topological polar surface area (TPSA) is 360 Å². The number of amides is 7. The number of nitrogens with one attached hydrogen (secondary N) is 8. The van der Waals surface area contributed by atoms with Crippen molar-refractivity contribution in [1.29, 1.82) is 0 Å². The normalized spacial score (nSPS) is 14.8. The minimum atomic E-state index is -1.34. The van der Waals surface area contributed by atoms with E-state index in [0.717, 1.165) is 5.56 Å². The Morgan fingerprint density at radius 2 is 1.19 bits per heavy atom. The molecule has 15 N–H and O–H groups in total. The van der Waals surface area contributed by atoms with E-state index in [-0.39, 0.29) is 50.4 Å². The minimum absolute atomic E-state index is 0.0336. The van der Waals surface area contributed by atoms with Crippen LogP contribution in [0.2, 0.25) is 0 Å². The number of aliphatic carboxylic acids is 1. The smallest absolute Gasteiger partial charge is 0.327 e. The predicted molar refractivity (Wildman–Crippen MR) is 265 cm³/mol. The number of hydrogen-bond donors (Lipinski definition) is 13. The molecule has 9 atom stereocenters. The summed E-state index contributed by atoms with van der Waals surface area (Å²) in [7, 11) is 0. The maximum absolute atomic E-state index is 14.5. The first-order valence-corrected chi connectivity index (χ1v) is 23.8. The van der Waals surface area contributed by atoms with E-state index in [4.69, 9.17) is 17.2 Å². The van der Waals surface area contributed by atoms with Gasteiger partial charge < -0.3 is 64.5 Å². The predicted octanol–water partition coefficient (Wildman–Crippen LogP) is -1.05. The summed E-state index contributed by atoms with van der Waals surface area (Å²) in [6.45, 7) is 6.58. The summed E-state index contributed by atoms with van der Waals surface area (Å²) in [5.41, 5.74) is 19.3. The van der Waals surface area contributed by atoms with Crippen molar-refractivity contribution in [3.05, 3.63) is 90.0 Å². The molecule has 0 radical (unpaired) electrons. The SMILES string of the molecule is CC[C@H](C)[C@H](NC(=O)[C@H](CCCN=C(N)N)NC(=O)[C@H](Cc1ccccc1)NC(=O)[C@H](Cc1cnc[nH]1)NC(=O)[C@@H](NC(=O)[C@@H](N)Cc1ccccc1)[C@@H](C)CC)C(=O)NCC(=O)N[C@@H](CS)C(=O)O. The van der Waals surface area contributed by atoms with Gasteiger partial charge in [0.1, 0.15) is 36.3 Å². The van der Waals surface area contributed by atoms with Crippen molar-refractivity contribution >= 4 is 65.9 Å². The molecular formula is C47H69N13O9S. The second kappa shape index (κ2) is 29.8. The lowest BCUT2D eigenvalue weighted by atomic mass is 9.96. The van der Waals surface area contributed by atoms with Crippen LogP contribution in [0.25, 0.3) is 0 Å². The van der Waals surface area contributed by atoms with E-state index in [9.17, 15) is 43.5 Å². The maximum atomic E-state index is 14.5. The van der Waals surface area contributed by atoms with Crippen molar-refractivity contribution in [2.45, 2.75) is 115 Å². The molecule has 3 aromatic rings. The average molecular weight is 992 g/mol. The average Bonchev–Trinajstić information content (AvgIpc) is 3.86. The molecule has 23 heteroatoms. The highest BCUT2D eigenvalue weighted by Gasteiger charge is 2.35. The lowest BCUT2D eigenvalue weighted by molar-refractivity contribution is -0.141. The number of guanidine groups is 1. The second-order valence-corrected chi connectivity index (χ2v) is 17.4. The number of hydrogen-bond acceptors (Lipinski definition) is 12. The molecule has 0 spiro atoms. The van der Waals surface area contributed by atoms with E-state index in [1.807, 2.05) is 37.3 Å². The summed E-state index contributed by atoms with van der Waals surface area (Å²) >= 11 is 3.93. The van der Waals surface area contributed by atoms with Gasteiger partial charge in [-0.1, -0.05) is 101 Å². The number of imidazole rings is 1. The molecule has 0 aliphatic rings. The Balaban J connectivity index is 1.92. The Hall–Kier alpha value is -7.01. The van der Waals surface area contributed by atoms with E-state index in [1.54, 1.807) is 51.1 Å². The molecule has 0 aliphatic carbocycles. The van der Waals surface area contributed by atoms with Gasteiger partial charge in [-0.3, -0.25) is 38.6 Å². The van der Waals surface area contributed by atoms with Crippen LogP contribution in [0.1, 0.15) is 70.2 Å². The van der Waals surface area contributed by atoms with Crippen molar-refractivity contribution in [1.82, 2.24) is 47.2 Å². The summed E-state index contributed by atoms with van der Waals surface area (Å²) in [4.78, 5) is 119. The number of thiol groups is 1. The quantitative estimate of drug-likeness (QED) is 0.0164. The summed E-state index contributed by atoms with van der Waals surface area (Å²) in [6.07, 6.45) is 3.97. The lowest BCUT2D eigenvalue weighted by Crippen LogP contribution is -2.61. The van der Waals surface area contributed by atoms with Gasteiger partial charge in [0.25, 0.3) is 0 Å². The van der Waals surface area contributed by atoms with Crippen LogP contribution in [0.15, 0.2) is 78.2 Å². The number of aliphatic imine (C=N–C) groups is 1.